The zero-order valence-corrected chi connectivity index (χ0v) is 16.2. The maximum Gasteiger partial charge on any atom is 0.410 e. The van der Waals surface area contributed by atoms with Crippen molar-refractivity contribution in [2.45, 2.75) is 56.4 Å². The highest BCUT2D eigenvalue weighted by Gasteiger charge is 2.47. The summed E-state index contributed by atoms with van der Waals surface area (Å²) in [5.74, 6) is -3.83. The average Bonchev–Trinajstić information content (AvgIpc) is 3.28. The zero-order valence-electron chi connectivity index (χ0n) is 16.2. The Kier molecular flexibility index (Phi) is 5.31. The van der Waals surface area contributed by atoms with Crippen molar-refractivity contribution in [2.75, 3.05) is 6.54 Å². The van der Waals surface area contributed by atoms with E-state index in [0.29, 0.717) is 0 Å². The van der Waals surface area contributed by atoms with Crippen LogP contribution in [0.4, 0.5) is 31.1 Å². The van der Waals surface area contributed by atoms with Crippen LogP contribution in [-0.4, -0.2) is 40.6 Å². The number of oxazole rings is 1. The van der Waals surface area contributed by atoms with Gasteiger partial charge >= 0.3 is 12.2 Å². The van der Waals surface area contributed by atoms with E-state index in [1.165, 1.54) is 12.1 Å². The molecule has 2 atom stereocenters. The van der Waals surface area contributed by atoms with Crippen molar-refractivity contribution in [2.24, 2.45) is 11.7 Å². The third kappa shape index (κ3) is 4.30. The van der Waals surface area contributed by atoms with Gasteiger partial charge in [0.1, 0.15) is 11.6 Å². The van der Waals surface area contributed by atoms with Crippen LogP contribution in [0.25, 0.3) is 11.1 Å². The van der Waals surface area contributed by atoms with Gasteiger partial charge in [0.2, 0.25) is 11.8 Å². The van der Waals surface area contributed by atoms with E-state index in [1.54, 1.807) is 0 Å². The fourth-order valence-corrected chi connectivity index (χ4v) is 4.03. The molecular weight excluding hydrogens is 430 g/mol. The molecule has 0 unspecified atom stereocenters. The van der Waals surface area contributed by atoms with E-state index in [2.05, 4.69) is 4.98 Å². The zero-order chi connectivity index (χ0) is 22.6. The Labute approximate surface area is 172 Å². The Balaban J connectivity index is 1.51. The maximum atomic E-state index is 15.0. The fraction of sp³-hybridized carbons (Fsp3) is 0.579. The van der Waals surface area contributed by atoms with Gasteiger partial charge in [-0.3, -0.25) is 0 Å². The Morgan fingerprint density at radius 3 is 2.58 bits per heavy atom. The minimum atomic E-state index is -4.60. The summed E-state index contributed by atoms with van der Waals surface area (Å²) in [7, 11) is 0. The topological polar surface area (TPSA) is 84.4 Å². The molecule has 6 nitrogen and oxygen atoms in total. The summed E-state index contributed by atoms with van der Waals surface area (Å²) in [4.78, 5) is 16.8. The van der Waals surface area contributed by atoms with Gasteiger partial charge in [-0.1, -0.05) is 6.07 Å². The SMILES string of the molecule is N[C@H](c1nc2c(F)c(CN3C[C@@H](C(F)(F)F)NC3=O)ccc2o1)C1CCC(F)(F)CC1. The van der Waals surface area contributed by atoms with Crippen molar-refractivity contribution < 1.29 is 35.6 Å². The standard InChI is InChI=1S/C19H20F6N4O2/c20-13-10(7-29-8-12(19(23,24)25)27-17(29)30)1-2-11-15(13)28-16(31-11)14(26)9-3-5-18(21,22)6-4-9/h1-2,9,12,14H,3-8,26H2,(H,27,30)/t12-,14-/m0/s1. The Bertz CT molecular complexity index is 982. The first-order chi connectivity index (χ1) is 14.4. The van der Waals surface area contributed by atoms with Crippen LogP contribution in [0.1, 0.15) is 43.2 Å². The normalized spacial score (nSPS) is 23.4. The van der Waals surface area contributed by atoms with Gasteiger partial charge in [0, 0.05) is 18.4 Å². The van der Waals surface area contributed by atoms with Gasteiger partial charge in [-0.25, -0.2) is 22.9 Å². The number of nitrogens with two attached hydrogens (primary N) is 1. The number of nitrogens with one attached hydrogen (secondary N) is 1. The molecule has 1 aromatic heterocycles. The number of rotatable bonds is 4. The first kappa shape index (κ1) is 21.7. The number of urea groups is 1. The van der Waals surface area contributed by atoms with Crippen LogP contribution >= 0.6 is 0 Å². The smallest absolute Gasteiger partial charge is 0.410 e. The predicted molar refractivity (Wildman–Crippen MR) is 96.6 cm³/mol. The van der Waals surface area contributed by atoms with Crippen LogP contribution in [0.2, 0.25) is 0 Å². The molecule has 0 radical (unpaired) electrons. The molecule has 2 heterocycles. The first-order valence-electron chi connectivity index (χ1n) is 9.78. The molecule has 31 heavy (non-hydrogen) atoms. The van der Waals surface area contributed by atoms with E-state index in [4.69, 9.17) is 10.2 Å². The van der Waals surface area contributed by atoms with Gasteiger partial charge in [0.05, 0.1) is 19.1 Å². The van der Waals surface area contributed by atoms with Crippen molar-refractivity contribution in [3.63, 3.8) is 0 Å². The molecule has 1 aromatic carbocycles. The number of alkyl halides is 5. The lowest BCUT2D eigenvalue weighted by molar-refractivity contribution is -0.149. The third-order valence-corrected chi connectivity index (χ3v) is 5.89. The number of carbonyl (C=O) groups is 1. The lowest BCUT2D eigenvalue weighted by Crippen LogP contribution is -2.40. The summed E-state index contributed by atoms with van der Waals surface area (Å²) >= 11 is 0. The Morgan fingerprint density at radius 1 is 1.29 bits per heavy atom. The second-order valence-corrected chi connectivity index (χ2v) is 8.08. The molecule has 0 bridgehead atoms. The van der Waals surface area contributed by atoms with Crippen LogP contribution in [-0.2, 0) is 6.54 Å². The van der Waals surface area contributed by atoms with Crippen LogP contribution < -0.4 is 11.1 Å². The second kappa shape index (κ2) is 7.57. The van der Waals surface area contributed by atoms with Gasteiger partial charge in [-0.2, -0.15) is 13.2 Å². The number of carbonyl (C=O) groups excluding carboxylic acids is 1. The molecule has 3 N–H and O–H groups in total. The third-order valence-electron chi connectivity index (χ3n) is 5.89. The summed E-state index contributed by atoms with van der Waals surface area (Å²) in [5.41, 5.74) is 6.00. The summed E-state index contributed by atoms with van der Waals surface area (Å²) in [6.07, 6.45) is -4.81. The van der Waals surface area contributed by atoms with Crippen molar-refractivity contribution in [1.29, 1.82) is 0 Å². The van der Waals surface area contributed by atoms with Crippen LogP contribution in [0.3, 0.4) is 0 Å². The maximum absolute atomic E-state index is 15.0. The van der Waals surface area contributed by atoms with Gasteiger partial charge < -0.3 is 20.4 Å². The van der Waals surface area contributed by atoms with E-state index in [-0.39, 0.29) is 60.7 Å². The predicted octanol–water partition coefficient (Wildman–Crippen LogP) is 4.25. The highest BCUT2D eigenvalue weighted by molar-refractivity contribution is 5.78. The Morgan fingerprint density at radius 2 is 1.97 bits per heavy atom. The van der Waals surface area contributed by atoms with Gasteiger partial charge in [0.25, 0.3) is 0 Å². The van der Waals surface area contributed by atoms with Crippen LogP contribution in [0.15, 0.2) is 16.5 Å². The first-order valence-corrected chi connectivity index (χ1v) is 9.78. The van der Waals surface area contributed by atoms with Gasteiger partial charge in [-0.05, 0) is 24.8 Å². The molecule has 1 aliphatic heterocycles. The van der Waals surface area contributed by atoms with Crippen molar-refractivity contribution in [3.8, 4) is 0 Å². The summed E-state index contributed by atoms with van der Waals surface area (Å²) in [6, 6.07) is -1.07. The Hall–Kier alpha value is -2.50. The number of aromatic nitrogens is 1. The van der Waals surface area contributed by atoms with Gasteiger partial charge in [-0.15, -0.1) is 0 Å². The number of nitrogens with zero attached hydrogens (tertiary/aromatic N) is 2. The van der Waals surface area contributed by atoms with Gasteiger partial charge in [0.15, 0.2) is 11.4 Å². The largest absolute Gasteiger partial charge is 0.439 e. The monoisotopic (exact) mass is 450 g/mol. The molecule has 170 valence electrons. The molecule has 2 amide bonds. The highest BCUT2D eigenvalue weighted by atomic mass is 19.4. The summed E-state index contributed by atoms with van der Waals surface area (Å²) in [6.45, 7) is -1.02. The second-order valence-electron chi connectivity index (χ2n) is 8.08. The van der Waals surface area contributed by atoms with E-state index in [1.807, 2.05) is 5.32 Å². The molecule has 12 heteroatoms. The van der Waals surface area contributed by atoms with E-state index >= 15 is 0 Å². The summed E-state index contributed by atoms with van der Waals surface area (Å²) in [5, 5.41) is 1.82. The molecule has 2 aliphatic rings. The lowest BCUT2D eigenvalue weighted by Gasteiger charge is -2.30. The van der Waals surface area contributed by atoms with Crippen LogP contribution in [0, 0.1) is 11.7 Å². The number of benzene rings is 1. The number of hydrogen-bond donors (Lipinski definition) is 2. The number of fused-ring (bicyclic) bond motifs is 1. The number of amides is 2. The minimum absolute atomic E-state index is 0.0114. The minimum Gasteiger partial charge on any atom is -0.439 e. The summed E-state index contributed by atoms with van der Waals surface area (Å²) < 4.78 is 85.7. The molecule has 1 saturated carbocycles. The number of halogens is 6. The quantitative estimate of drug-likeness (QED) is 0.683. The van der Waals surface area contributed by atoms with E-state index in [9.17, 15) is 31.1 Å². The van der Waals surface area contributed by atoms with Crippen molar-refractivity contribution in [1.82, 2.24) is 15.2 Å². The molecular formula is C19H20F6N4O2. The number of hydrogen-bond acceptors (Lipinski definition) is 4. The van der Waals surface area contributed by atoms with Crippen molar-refractivity contribution >= 4 is 17.1 Å². The molecule has 2 fully saturated rings. The molecule has 1 saturated heterocycles. The van der Waals surface area contributed by atoms with Crippen LogP contribution in [0.5, 0.6) is 0 Å². The van der Waals surface area contributed by atoms with E-state index in [0.717, 1.165) is 4.90 Å². The molecule has 4 rings (SSSR count). The highest BCUT2D eigenvalue weighted by Crippen LogP contribution is 2.41. The van der Waals surface area contributed by atoms with Crippen molar-refractivity contribution in [3.05, 3.63) is 29.4 Å². The van der Waals surface area contributed by atoms with E-state index < -0.39 is 42.6 Å². The molecule has 1 aliphatic carbocycles. The average molecular weight is 450 g/mol. The lowest BCUT2D eigenvalue weighted by atomic mass is 9.82. The molecule has 0 spiro atoms. The fourth-order valence-electron chi connectivity index (χ4n) is 4.03. The molecule has 2 aromatic rings.